The van der Waals surface area contributed by atoms with E-state index in [0.29, 0.717) is 37.7 Å². The van der Waals surface area contributed by atoms with Crippen molar-refractivity contribution in [1.29, 1.82) is 0 Å². The van der Waals surface area contributed by atoms with Gasteiger partial charge in [-0.05, 0) is 93.8 Å². The number of aliphatic hydroxyl groups is 3. The highest BCUT2D eigenvalue weighted by molar-refractivity contribution is 5.93. The van der Waals surface area contributed by atoms with Gasteiger partial charge in [0, 0.05) is 49.5 Å². The molecule has 2 saturated heterocycles. The lowest BCUT2D eigenvalue weighted by molar-refractivity contribution is -0.205. The molecule has 406 valence electrons. The molecule has 2 bridgehead atoms. The maximum Gasteiger partial charge on any atom is 0.325 e. The summed E-state index contributed by atoms with van der Waals surface area (Å²) in [4.78, 5) is 81.8. The number of hydrogen-bond donors (Lipinski definition) is 7. The average Bonchev–Trinajstić information content (AvgIpc) is 3.37. The second kappa shape index (κ2) is 26.5. The summed E-state index contributed by atoms with van der Waals surface area (Å²) in [5, 5.41) is 44.4. The van der Waals surface area contributed by atoms with Gasteiger partial charge in [-0.1, -0.05) is 120 Å². The lowest BCUT2D eigenvalue weighted by atomic mass is 9.62. The Morgan fingerprint density at radius 1 is 0.986 bits per heavy atom. The predicted octanol–water partition coefficient (Wildman–Crippen LogP) is 6.14. The number of allylic oxidation sites excluding steroid dienone is 5. The number of nitrogens with one attached hydrogen (secondary N) is 4. The van der Waals surface area contributed by atoms with Gasteiger partial charge in [-0.2, -0.15) is 0 Å². The molecule has 1 aliphatic carbocycles. The number of piperidine rings is 1. The van der Waals surface area contributed by atoms with Gasteiger partial charge >= 0.3 is 5.97 Å². The van der Waals surface area contributed by atoms with E-state index in [0.717, 1.165) is 30.4 Å². The van der Waals surface area contributed by atoms with Gasteiger partial charge in [0.15, 0.2) is 5.72 Å². The Balaban J connectivity index is 1.17. The van der Waals surface area contributed by atoms with Crippen molar-refractivity contribution in [3.63, 3.8) is 0 Å². The van der Waals surface area contributed by atoms with E-state index in [-0.39, 0.29) is 67.3 Å². The fraction of sp³-hybridized carbons (Fsp3) is 0.621. The molecule has 16 nitrogen and oxygen atoms in total. The monoisotopic (exact) mass is 1030 g/mol. The largest absolute Gasteiger partial charge is 0.456 e. The third-order valence-corrected chi connectivity index (χ3v) is 16.0. The molecule has 3 fully saturated rings. The van der Waals surface area contributed by atoms with E-state index in [2.05, 4.69) is 34.4 Å². The van der Waals surface area contributed by atoms with Crippen LogP contribution < -0.4 is 21.4 Å². The molecule has 74 heavy (non-hydrogen) atoms. The van der Waals surface area contributed by atoms with Crippen molar-refractivity contribution in [3.05, 3.63) is 95.6 Å². The first-order valence-electron chi connectivity index (χ1n) is 27.1. The first-order chi connectivity index (χ1) is 35.2. The molecule has 4 amide bonds. The zero-order valence-corrected chi connectivity index (χ0v) is 44.7. The van der Waals surface area contributed by atoms with Gasteiger partial charge in [-0.15, -0.1) is 0 Å². The van der Waals surface area contributed by atoms with E-state index in [1.165, 1.54) is 18.0 Å². The zero-order valence-electron chi connectivity index (χ0n) is 44.7. The van der Waals surface area contributed by atoms with Crippen LogP contribution in [0.5, 0.6) is 0 Å². The summed E-state index contributed by atoms with van der Waals surface area (Å²) in [6, 6.07) is 5.42. The van der Waals surface area contributed by atoms with Crippen molar-refractivity contribution in [2.75, 3.05) is 6.54 Å². The average molecular weight is 1030 g/mol. The number of carbonyl (C=O) groups is 6. The molecule has 2 unspecified atom stereocenters. The van der Waals surface area contributed by atoms with Gasteiger partial charge in [-0.3, -0.25) is 29.0 Å². The Hall–Kier alpha value is -5.26. The standard InChI is InChI=1S/C58H83N5O11/c1-9-40-31-43-32-42-30-37(6)49(74-58(42,43)61-53(40)68)33-47(66)35(4)20-13-10-14-21-36(5)48-26-18-12-17-25-46(65)39(8)52(67)44(28-27-38(7)64)54(69)59-50(34(2)3)55(70)60-51(41-22-15-11-16-23-41)56(71)63-29-19-24-45(62-63)57(72)73-48/h10-12,14-18,21-23,25,30,34-35,37,39-40,43-52,62,65-67H,9,13,19-20,24,26-29,31-33H2,1-8H3,(H,59,69)(H,60,70)(H,61,68)/b14-10+,18-12+,25-17+,36-21+/t35-,37+,39-,40-,43+,44+,45?,46-,47-,48-,49-,50-,51?,52+,58-/m0/s1. The number of cyclic esters (lactones) is 1. The van der Waals surface area contributed by atoms with E-state index in [4.69, 9.17) is 9.47 Å². The number of esters is 1. The van der Waals surface area contributed by atoms with E-state index in [1.54, 1.807) is 69.3 Å². The third kappa shape index (κ3) is 14.4. The normalized spacial score (nSPS) is 34.5. The number of amides is 4. The second-order valence-corrected chi connectivity index (χ2v) is 21.9. The Morgan fingerprint density at radius 3 is 2.43 bits per heavy atom. The molecule has 15 atom stereocenters. The fourth-order valence-corrected chi connectivity index (χ4v) is 10.9. The van der Waals surface area contributed by atoms with E-state index >= 15 is 0 Å². The molecule has 0 aromatic heterocycles. The summed E-state index contributed by atoms with van der Waals surface area (Å²) in [6.07, 6.45) is 16.0. The van der Waals surface area contributed by atoms with Crippen LogP contribution >= 0.6 is 0 Å². The number of aliphatic hydroxyl groups excluding tert-OH is 3. The van der Waals surface area contributed by atoms with Crippen LogP contribution in [-0.2, 0) is 38.2 Å². The van der Waals surface area contributed by atoms with Gasteiger partial charge in [-0.25, -0.2) is 5.43 Å². The van der Waals surface area contributed by atoms with E-state index in [9.17, 15) is 44.1 Å². The lowest BCUT2D eigenvalue weighted by Gasteiger charge is -2.59. The van der Waals surface area contributed by atoms with Crippen molar-refractivity contribution in [2.45, 2.75) is 180 Å². The number of ketones is 1. The number of carbonyl (C=O) groups excluding carboxylic acids is 6. The molecule has 4 aliphatic heterocycles. The van der Waals surface area contributed by atoms with Gasteiger partial charge in [0.05, 0.1) is 30.3 Å². The van der Waals surface area contributed by atoms with Crippen molar-refractivity contribution >= 4 is 35.4 Å². The molecule has 5 aliphatic rings. The number of Topliss-reactive ketones (excluding diaryl/α,β-unsaturated/α-hetero) is 1. The van der Waals surface area contributed by atoms with Gasteiger partial charge < -0.3 is 45.5 Å². The van der Waals surface area contributed by atoms with Crippen molar-refractivity contribution < 1.29 is 53.6 Å². The van der Waals surface area contributed by atoms with E-state index in [1.807, 2.05) is 39.0 Å². The fourth-order valence-electron chi connectivity index (χ4n) is 10.9. The molecule has 0 radical (unpaired) electrons. The molecule has 1 spiro atoms. The molecule has 1 aromatic rings. The summed E-state index contributed by atoms with van der Waals surface area (Å²) in [6.45, 7) is 14.8. The topological polar surface area (TPSA) is 233 Å². The SMILES string of the molecule is CC[C@H]1C[C@@H]2CC3=C[C@@H](C)[C@H](C[C@H](O)[C@@H](C)CC/C=C/C=C(\C)[C@@H]4C/C=C/C=C/[C@H](O)[C@H](C)[C@@H](O)[C@@H](CCC(C)=O)C(=O)N[C@@H](C(C)C)C(=O)NC(c5ccccc5)C(=O)N5CCCC(N5)C(=O)O4)O[C@@]32NC1=O. The maximum absolute atomic E-state index is 14.5. The number of benzene rings is 1. The molecule has 4 heterocycles. The van der Waals surface area contributed by atoms with Gasteiger partial charge in [0.1, 0.15) is 30.0 Å². The number of ether oxygens (including phenoxy) is 2. The minimum Gasteiger partial charge on any atom is -0.456 e. The number of hydrogen-bond acceptors (Lipinski definition) is 12. The van der Waals surface area contributed by atoms with Crippen LogP contribution in [0.3, 0.4) is 0 Å². The highest BCUT2D eigenvalue weighted by atomic mass is 16.5. The Morgan fingerprint density at radius 2 is 1.73 bits per heavy atom. The molecular formula is C58H83N5O11. The van der Waals surface area contributed by atoms with Crippen LogP contribution in [0, 0.1) is 41.4 Å². The lowest BCUT2D eigenvalue weighted by Crippen LogP contribution is -2.70. The molecule has 6 rings (SSSR count). The molecular weight excluding hydrogens is 943 g/mol. The third-order valence-electron chi connectivity index (χ3n) is 16.0. The number of rotatable bonds is 14. The molecule has 1 saturated carbocycles. The summed E-state index contributed by atoms with van der Waals surface area (Å²) in [5.74, 6) is -4.69. The smallest absolute Gasteiger partial charge is 0.325 e. The van der Waals surface area contributed by atoms with Crippen molar-refractivity contribution in [2.24, 2.45) is 41.4 Å². The van der Waals surface area contributed by atoms with E-state index < -0.39 is 89.7 Å². The van der Waals surface area contributed by atoms with Crippen LogP contribution in [0.1, 0.15) is 138 Å². The second-order valence-electron chi connectivity index (χ2n) is 21.9. The van der Waals surface area contributed by atoms with Crippen LogP contribution in [0.15, 0.2) is 90.1 Å². The number of hydrazine groups is 1. The number of nitrogens with zero attached hydrogens (tertiary/aromatic N) is 1. The quantitative estimate of drug-likeness (QED) is 0.0633. The highest BCUT2D eigenvalue weighted by Crippen LogP contribution is 2.54. The maximum atomic E-state index is 14.5. The minimum atomic E-state index is -1.40. The summed E-state index contributed by atoms with van der Waals surface area (Å²) < 4.78 is 12.9. The molecule has 1 aromatic carbocycles. The molecule has 16 heteroatoms. The Bertz CT molecular complexity index is 2300. The van der Waals surface area contributed by atoms with Gasteiger partial charge in [0.2, 0.25) is 17.7 Å². The van der Waals surface area contributed by atoms with Gasteiger partial charge in [0.25, 0.3) is 5.91 Å². The van der Waals surface area contributed by atoms with Crippen LogP contribution in [-0.4, -0.2) is 111 Å². The van der Waals surface area contributed by atoms with Crippen LogP contribution in [0.25, 0.3) is 0 Å². The minimum absolute atomic E-state index is 0.00957. The van der Waals surface area contributed by atoms with Crippen molar-refractivity contribution in [3.8, 4) is 0 Å². The van der Waals surface area contributed by atoms with Crippen LogP contribution in [0.2, 0.25) is 0 Å². The Kier molecular flexibility index (Phi) is 20.8. The summed E-state index contributed by atoms with van der Waals surface area (Å²) >= 11 is 0. The zero-order chi connectivity index (χ0) is 53.9. The predicted molar refractivity (Wildman–Crippen MR) is 281 cm³/mol. The summed E-state index contributed by atoms with van der Waals surface area (Å²) in [5.41, 5.74) is 4.72. The first-order valence-corrected chi connectivity index (χ1v) is 27.1. The van der Waals surface area contributed by atoms with Crippen LogP contribution in [0.4, 0.5) is 0 Å². The summed E-state index contributed by atoms with van der Waals surface area (Å²) in [7, 11) is 0. The highest BCUT2D eigenvalue weighted by Gasteiger charge is 2.60. The first kappa shape index (κ1) is 58.0. The Labute approximate surface area is 437 Å². The number of fused-ring (bicyclic) bond motifs is 2. The molecule has 7 N–H and O–H groups in total. The van der Waals surface area contributed by atoms with Crippen molar-refractivity contribution in [1.82, 2.24) is 26.4 Å².